The normalized spacial score (nSPS) is 14.6. The van der Waals surface area contributed by atoms with E-state index in [2.05, 4.69) is 4.90 Å². The molecular weight excluding hydrogens is 347 g/mol. The highest BCUT2D eigenvalue weighted by atomic mass is 35.5. The maximum absolute atomic E-state index is 12.6. The predicted molar refractivity (Wildman–Crippen MR) is 97.6 cm³/mol. The summed E-state index contributed by atoms with van der Waals surface area (Å²) in [4.78, 5) is 16.6. The molecule has 1 heterocycles. The average molecular weight is 365 g/mol. The van der Waals surface area contributed by atoms with Crippen LogP contribution in [0.1, 0.15) is 10.4 Å². The Labute approximate surface area is 151 Å². The van der Waals surface area contributed by atoms with Crippen LogP contribution in [0, 0.1) is 0 Å². The monoisotopic (exact) mass is 364 g/mol. The highest BCUT2D eigenvalue weighted by Gasteiger charge is 2.24. The molecule has 4 nitrogen and oxygen atoms in total. The molecular formula is C18H18Cl2N2O2. The summed E-state index contributed by atoms with van der Waals surface area (Å²) in [5, 5.41) is 1.15. The van der Waals surface area contributed by atoms with Gasteiger partial charge in [0.1, 0.15) is 5.75 Å². The second kappa shape index (κ2) is 7.32. The van der Waals surface area contributed by atoms with Crippen molar-refractivity contribution >= 4 is 34.8 Å². The molecule has 2 aromatic carbocycles. The van der Waals surface area contributed by atoms with Crippen LogP contribution < -0.4 is 9.64 Å². The molecule has 1 amide bonds. The number of halogens is 2. The highest BCUT2D eigenvalue weighted by Crippen LogP contribution is 2.32. The zero-order valence-electron chi connectivity index (χ0n) is 13.3. The van der Waals surface area contributed by atoms with Crippen molar-refractivity contribution in [2.24, 2.45) is 0 Å². The van der Waals surface area contributed by atoms with Crippen LogP contribution in [-0.2, 0) is 0 Å². The molecule has 0 radical (unpaired) electrons. The Morgan fingerprint density at radius 3 is 2.42 bits per heavy atom. The number of carbonyl (C=O) groups excluding carboxylic acids is 1. The number of hydrogen-bond donors (Lipinski definition) is 0. The molecule has 2 aromatic rings. The number of hydrogen-bond acceptors (Lipinski definition) is 3. The van der Waals surface area contributed by atoms with E-state index in [1.807, 2.05) is 29.2 Å². The molecule has 0 spiro atoms. The van der Waals surface area contributed by atoms with Gasteiger partial charge in [-0.25, -0.2) is 0 Å². The van der Waals surface area contributed by atoms with Gasteiger partial charge in [0.25, 0.3) is 5.91 Å². The zero-order valence-corrected chi connectivity index (χ0v) is 14.8. The molecule has 1 fully saturated rings. The molecule has 3 rings (SSSR count). The van der Waals surface area contributed by atoms with Crippen molar-refractivity contribution in [3.8, 4) is 5.75 Å². The number of ether oxygens (including phenoxy) is 1. The Kier molecular flexibility index (Phi) is 5.17. The number of methoxy groups -OCH3 is 1. The van der Waals surface area contributed by atoms with E-state index in [9.17, 15) is 4.79 Å². The largest absolute Gasteiger partial charge is 0.495 e. The number of anilines is 1. The van der Waals surface area contributed by atoms with E-state index in [4.69, 9.17) is 27.9 Å². The minimum absolute atomic E-state index is 0.0293. The SMILES string of the molecule is COc1ccc(Cl)cc1N1CCN(C(=O)c2ccccc2Cl)CC1. The van der Waals surface area contributed by atoms with Gasteiger partial charge in [0.05, 0.1) is 23.4 Å². The van der Waals surface area contributed by atoms with Gasteiger partial charge >= 0.3 is 0 Å². The van der Waals surface area contributed by atoms with Crippen molar-refractivity contribution in [3.63, 3.8) is 0 Å². The van der Waals surface area contributed by atoms with Gasteiger partial charge < -0.3 is 14.5 Å². The van der Waals surface area contributed by atoms with Crippen molar-refractivity contribution in [2.75, 3.05) is 38.2 Å². The minimum atomic E-state index is -0.0293. The minimum Gasteiger partial charge on any atom is -0.495 e. The fraction of sp³-hybridized carbons (Fsp3) is 0.278. The lowest BCUT2D eigenvalue weighted by molar-refractivity contribution is 0.0747. The van der Waals surface area contributed by atoms with Crippen molar-refractivity contribution in [2.45, 2.75) is 0 Å². The molecule has 1 aliphatic heterocycles. The standard InChI is InChI=1S/C18H18Cl2N2O2/c1-24-17-7-6-13(19)12-16(17)21-8-10-22(11-9-21)18(23)14-4-2-3-5-15(14)20/h2-7,12H,8-11H2,1H3. The number of amides is 1. The maximum atomic E-state index is 12.6. The van der Waals surface area contributed by atoms with Gasteiger partial charge in [-0.05, 0) is 30.3 Å². The fourth-order valence-electron chi connectivity index (χ4n) is 2.87. The van der Waals surface area contributed by atoms with Gasteiger partial charge in [-0.1, -0.05) is 35.3 Å². The van der Waals surface area contributed by atoms with Crippen LogP contribution in [0.15, 0.2) is 42.5 Å². The molecule has 1 saturated heterocycles. The topological polar surface area (TPSA) is 32.8 Å². The van der Waals surface area contributed by atoms with Gasteiger partial charge in [0.15, 0.2) is 0 Å². The Morgan fingerprint density at radius 2 is 1.75 bits per heavy atom. The number of benzene rings is 2. The second-order valence-electron chi connectivity index (χ2n) is 5.58. The maximum Gasteiger partial charge on any atom is 0.255 e. The van der Waals surface area contributed by atoms with Crippen molar-refractivity contribution in [1.29, 1.82) is 0 Å². The Hall–Kier alpha value is -1.91. The molecule has 24 heavy (non-hydrogen) atoms. The molecule has 0 unspecified atom stereocenters. The molecule has 0 aromatic heterocycles. The first-order valence-corrected chi connectivity index (χ1v) is 8.48. The summed E-state index contributed by atoms with van der Waals surface area (Å²) in [5.41, 5.74) is 1.50. The lowest BCUT2D eigenvalue weighted by Crippen LogP contribution is -2.49. The van der Waals surface area contributed by atoms with E-state index in [-0.39, 0.29) is 5.91 Å². The van der Waals surface area contributed by atoms with Gasteiger partial charge in [-0.2, -0.15) is 0 Å². The van der Waals surface area contributed by atoms with E-state index in [1.165, 1.54) is 0 Å². The van der Waals surface area contributed by atoms with E-state index < -0.39 is 0 Å². The lowest BCUT2D eigenvalue weighted by Gasteiger charge is -2.36. The van der Waals surface area contributed by atoms with Crippen molar-refractivity contribution < 1.29 is 9.53 Å². The second-order valence-corrected chi connectivity index (χ2v) is 6.42. The summed E-state index contributed by atoms with van der Waals surface area (Å²) in [6, 6.07) is 12.7. The van der Waals surface area contributed by atoms with E-state index in [0.717, 1.165) is 11.4 Å². The Balaban J connectivity index is 1.71. The lowest BCUT2D eigenvalue weighted by atomic mass is 10.1. The van der Waals surface area contributed by atoms with Gasteiger partial charge in [-0.15, -0.1) is 0 Å². The van der Waals surface area contributed by atoms with Crippen LogP contribution in [0.3, 0.4) is 0 Å². The molecule has 0 atom stereocenters. The molecule has 0 aliphatic carbocycles. The fourth-order valence-corrected chi connectivity index (χ4v) is 3.25. The number of piperazine rings is 1. The van der Waals surface area contributed by atoms with Gasteiger partial charge in [0, 0.05) is 31.2 Å². The molecule has 1 aliphatic rings. The van der Waals surface area contributed by atoms with Crippen LogP contribution in [-0.4, -0.2) is 44.1 Å². The van der Waals surface area contributed by atoms with E-state index >= 15 is 0 Å². The number of nitrogens with zero attached hydrogens (tertiary/aromatic N) is 2. The summed E-state index contributed by atoms with van der Waals surface area (Å²) in [7, 11) is 1.64. The summed E-state index contributed by atoms with van der Waals surface area (Å²) < 4.78 is 5.41. The Morgan fingerprint density at radius 1 is 1.04 bits per heavy atom. The third-order valence-corrected chi connectivity index (χ3v) is 4.72. The summed E-state index contributed by atoms with van der Waals surface area (Å²) in [6.07, 6.45) is 0. The molecule has 0 N–H and O–H groups in total. The predicted octanol–water partition coefficient (Wildman–Crippen LogP) is 3.96. The summed E-state index contributed by atoms with van der Waals surface area (Å²) in [6.45, 7) is 2.68. The van der Waals surface area contributed by atoms with Crippen LogP contribution in [0.4, 0.5) is 5.69 Å². The van der Waals surface area contributed by atoms with Crippen LogP contribution in [0.25, 0.3) is 0 Å². The number of rotatable bonds is 3. The molecule has 126 valence electrons. The van der Waals surface area contributed by atoms with Gasteiger partial charge in [-0.3, -0.25) is 4.79 Å². The summed E-state index contributed by atoms with van der Waals surface area (Å²) >= 11 is 12.2. The first-order valence-electron chi connectivity index (χ1n) is 7.72. The van der Waals surface area contributed by atoms with Gasteiger partial charge in [0.2, 0.25) is 0 Å². The smallest absolute Gasteiger partial charge is 0.255 e. The average Bonchev–Trinajstić information content (AvgIpc) is 2.62. The zero-order chi connectivity index (χ0) is 17.1. The molecule has 6 heteroatoms. The highest BCUT2D eigenvalue weighted by molar-refractivity contribution is 6.33. The van der Waals surface area contributed by atoms with Crippen LogP contribution in [0.2, 0.25) is 10.0 Å². The molecule has 0 bridgehead atoms. The summed E-state index contributed by atoms with van der Waals surface area (Å²) in [5.74, 6) is 0.753. The first-order chi connectivity index (χ1) is 11.6. The van der Waals surface area contributed by atoms with Crippen LogP contribution >= 0.6 is 23.2 Å². The van der Waals surface area contributed by atoms with Crippen molar-refractivity contribution in [1.82, 2.24) is 4.90 Å². The third kappa shape index (κ3) is 3.45. The quantitative estimate of drug-likeness (QED) is 0.825. The third-order valence-electron chi connectivity index (χ3n) is 4.15. The van der Waals surface area contributed by atoms with Crippen molar-refractivity contribution in [3.05, 3.63) is 58.1 Å². The van der Waals surface area contributed by atoms with Crippen LogP contribution in [0.5, 0.6) is 5.75 Å². The van der Waals surface area contributed by atoms with E-state index in [0.29, 0.717) is 41.8 Å². The Bertz CT molecular complexity index is 744. The van der Waals surface area contributed by atoms with E-state index in [1.54, 1.807) is 25.3 Å². The molecule has 0 saturated carbocycles. The first kappa shape index (κ1) is 16.9. The number of carbonyl (C=O) groups is 1.